The third-order valence-electron chi connectivity index (χ3n) is 10.00. The molecule has 1 atom stereocenters. The molecule has 0 N–H and O–H groups in total. The summed E-state index contributed by atoms with van der Waals surface area (Å²) < 4.78 is 17.2. The van der Waals surface area contributed by atoms with Crippen molar-refractivity contribution in [3.63, 3.8) is 0 Å². The van der Waals surface area contributed by atoms with E-state index in [-0.39, 0.29) is 31.6 Å². The molecule has 0 heterocycles. The molecule has 0 amide bonds. The fourth-order valence-corrected chi connectivity index (χ4v) is 6.32. The molecule has 62 heavy (non-hydrogen) atoms. The maximum absolute atomic E-state index is 12.7. The molecular weight excluding hydrogens is 765 g/mol. The van der Waals surface area contributed by atoms with Crippen LogP contribution in [0.5, 0.6) is 0 Å². The van der Waals surface area contributed by atoms with Crippen LogP contribution in [-0.2, 0) is 23.8 Å². The first-order valence-corrected chi connectivity index (χ1v) is 25.1. The Bertz CT molecular complexity index is 1290. The highest BCUT2D eigenvalue weighted by atomic mass is 16.6. The first-order chi connectivity index (χ1) is 30.6. The molecule has 0 saturated heterocycles. The van der Waals surface area contributed by atoms with Gasteiger partial charge in [-0.05, 0) is 103 Å². The van der Waals surface area contributed by atoms with Gasteiger partial charge in [-0.2, -0.15) is 0 Å². The number of carbonyl (C=O) groups is 2. The summed E-state index contributed by atoms with van der Waals surface area (Å²) in [5, 5.41) is 0. The number of allylic oxidation sites excluding steroid dienone is 19. The molecule has 0 fully saturated rings. The van der Waals surface area contributed by atoms with Crippen LogP contribution >= 0.6 is 0 Å². The summed E-state index contributed by atoms with van der Waals surface area (Å²) in [6.07, 6.45) is 72.3. The Balaban J connectivity index is 4.39. The van der Waals surface area contributed by atoms with E-state index in [2.05, 4.69) is 130 Å². The van der Waals surface area contributed by atoms with Gasteiger partial charge >= 0.3 is 11.9 Å². The highest BCUT2D eigenvalue weighted by Gasteiger charge is 2.17. The van der Waals surface area contributed by atoms with Crippen molar-refractivity contribution in [2.75, 3.05) is 19.8 Å². The average molecular weight is 857 g/mol. The van der Waals surface area contributed by atoms with E-state index in [1.165, 1.54) is 64.2 Å². The summed E-state index contributed by atoms with van der Waals surface area (Å²) in [5.41, 5.74) is 0. The second kappa shape index (κ2) is 51.6. The van der Waals surface area contributed by atoms with Crippen molar-refractivity contribution >= 4 is 11.9 Å². The Labute approximate surface area is 382 Å². The van der Waals surface area contributed by atoms with Gasteiger partial charge in [0.1, 0.15) is 6.61 Å². The third-order valence-corrected chi connectivity index (χ3v) is 10.00. The molecule has 350 valence electrons. The van der Waals surface area contributed by atoms with Crippen LogP contribution < -0.4 is 0 Å². The summed E-state index contributed by atoms with van der Waals surface area (Å²) in [6, 6.07) is 0. The zero-order valence-corrected chi connectivity index (χ0v) is 40.1. The predicted octanol–water partition coefficient (Wildman–Crippen LogP) is 17.0. The van der Waals surface area contributed by atoms with Crippen LogP contribution in [0.4, 0.5) is 0 Å². The Morgan fingerprint density at radius 2 is 0.774 bits per heavy atom. The second-order valence-corrected chi connectivity index (χ2v) is 16.0. The van der Waals surface area contributed by atoms with Crippen molar-refractivity contribution in [2.24, 2.45) is 0 Å². The lowest BCUT2D eigenvalue weighted by Gasteiger charge is -2.18. The lowest BCUT2D eigenvalue weighted by molar-refractivity contribution is -0.162. The van der Waals surface area contributed by atoms with Crippen LogP contribution in [0.3, 0.4) is 0 Å². The van der Waals surface area contributed by atoms with E-state index in [1.807, 2.05) is 12.2 Å². The minimum Gasteiger partial charge on any atom is -0.461 e. The van der Waals surface area contributed by atoms with Crippen LogP contribution in [0.15, 0.2) is 122 Å². The number of carbonyl (C=O) groups excluding carboxylic acids is 2. The largest absolute Gasteiger partial charge is 0.461 e. The fourth-order valence-electron chi connectivity index (χ4n) is 6.32. The van der Waals surface area contributed by atoms with Crippen LogP contribution in [0.25, 0.3) is 0 Å². The van der Waals surface area contributed by atoms with Gasteiger partial charge < -0.3 is 14.2 Å². The molecule has 0 saturated carbocycles. The van der Waals surface area contributed by atoms with Crippen LogP contribution in [-0.4, -0.2) is 37.9 Å². The van der Waals surface area contributed by atoms with Crippen molar-refractivity contribution < 1.29 is 23.8 Å². The molecular formula is C57H92O5. The summed E-state index contributed by atoms with van der Waals surface area (Å²) >= 11 is 0. The Morgan fingerprint density at radius 1 is 0.387 bits per heavy atom. The maximum Gasteiger partial charge on any atom is 0.309 e. The number of hydrogen-bond acceptors (Lipinski definition) is 5. The molecule has 0 bridgehead atoms. The Hall–Kier alpha value is -3.70. The van der Waals surface area contributed by atoms with Crippen molar-refractivity contribution in [3.8, 4) is 0 Å². The van der Waals surface area contributed by atoms with E-state index < -0.39 is 6.10 Å². The quantitative estimate of drug-likeness (QED) is 0.0347. The molecule has 0 aromatic carbocycles. The zero-order valence-electron chi connectivity index (χ0n) is 40.1. The van der Waals surface area contributed by atoms with Gasteiger partial charge in [-0.1, -0.05) is 206 Å². The lowest BCUT2D eigenvalue weighted by Crippen LogP contribution is -2.30. The van der Waals surface area contributed by atoms with E-state index in [9.17, 15) is 9.59 Å². The standard InChI is InChI=1S/C57H92O5/c1-4-7-10-13-16-19-22-24-26-27-28-29-30-32-34-37-40-43-46-49-52-60-53-55(62-57(59)51-48-45-42-39-35-21-18-15-12-9-6-3)54-61-56(58)50-47-44-41-38-36-33-31-25-23-20-17-14-11-8-5-2/h7-8,10-11,15-20,24-26,28-29,31,36,38,44,47,55H,4-6,9,12-14,21-23,27,30,32-35,37,39-43,45-46,48-54H2,1-3H3/b10-7-,11-8-,18-15-,19-16-,20-17-,26-24-,29-28-,31-25-,38-36-,47-44-. The topological polar surface area (TPSA) is 61.8 Å². The van der Waals surface area contributed by atoms with Crippen LogP contribution in [0.1, 0.15) is 201 Å². The summed E-state index contributed by atoms with van der Waals surface area (Å²) in [5.74, 6) is -0.570. The number of hydrogen-bond donors (Lipinski definition) is 0. The minimum atomic E-state index is -0.593. The van der Waals surface area contributed by atoms with Gasteiger partial charge in [-0.15, -0.1) is 0 Å². The monoisotopic (exact) mass is 857 g/mol. The number of rotatable bonds is 44. The molecule has 0 aliphatic rings. The molecule has 0 spiro atoms. The molecule has 5 nitrogen and oxygen atoms in total. The second-order valence-electron chi connectivity index (χ2n) is 16.0. The van der Waals surface area contributed by atoms with E-state index >= 15 is 0 Å². The van der Waals surface area contributed by atoms with E-state index in [0.29, 0.717) is 13.0 Å². The van der Waals surface area contributed by atoms with Gasteiger partial charge in [0, 0.05) is 13.0 Å². The average Bonchev–Trinajstić information content (AvgIpc) is 3.27. The molecule has 0 aliphatic heterocycles. The Morgan fingerprint density at radius 3 is 1.26 bits per heavy atom. The molecule has 1 unspecified atom stereocenters. The molecule has 0 aliphatic carbocycles. The molecule has 0 aromatic rings. The zero-order chi connectivity index (χ0) is 44.9. The number of esters is 2. The fraction of sp³-hybridized carbons (Fsp3) is 0.614. The van der Waals surface area contributed by atoms with E-state index in [0.717, 1.165) is 103 Å². The van der Waals surface area contributed by atoms with Gasteiger partial charge in [-0.25, -0.2) is 0 Å². The highest BCUT2D eigenvalue weighted by molar-refractivity contribution is 5.71. The van der Waals surface area contributed by atoms with Gasteiger partial charge in [0.25, 0.3) is 0 Å². The van der Waals surface area contributed by atoms with E-state index in [4.69, 9.17) is 14.2 Å². The third kappa shape index (κ3) is 49.0. The molecule has 0 aromatic heterocycles. The lowest BCUT2D eigenvalue weighted by atomic mass is 10.1. The molecule has 0 rings (SSSR count). The van der Waals surface area contributed by atoms with Crippen molar-refractivity contribution in [2.45, 2.75) is 207 Å². The molecule has 5 heteroatoms. The van der Waals surface area contributed by atoms with Gasteiger partial charge in [0.2, 0.25) is 0 Å². The van der Waals surface area contributed by atoms with Crippen molar-refractivity contribution in [1.82, 2.24) is 0 Å². The maximum atomic E-state index is 12.7. The summed E-state index contributed by atoms with van der Waals surface area (Å²) in [7, 11) is 0. The van der Waals surface area contributed by atoms with E-state index in [1.54, 1.807) is 0 Å². The Kier molecular flexibility index (Phi) is 48.6. The minimum absolute atomic E-state index is 0.0158. The van der Waals surface area contributed by atoms with Crippen molar-refractivity contribution in [3.05, 3.63) is 122 Å². The number of unbranched alkanes of at least 4 members (excludes halogenated alkanes) is 14. The SMILES string of the molecule is CC/C=C\C/C=C\C/C=C\C/C=C\C/C=C\CC(=O)OCC(COCCCCCCCCC/C=C\C/C=C\C/C=C\C/C=C\CC)OC(=O)CCCCCCC/C=C\CCCC. The van der Waals surface area contributed by atoms with Gasteiger partial charge in [0.05, 0.1) is 13.0 Å². The summed E-state index contributed by atoms with van der Waals surface area (Å²) in [6.45, 7) is 7.40. The first-order valence-electron chi connectivity index (χ1n) is 25.1. The predicted molar refractivity (Wildman–Crippen MR) is 269 cm³/mol. The number of ether oxygens (including phenoxy) is 3. The van der Waals surface area contributed by atoms with Crippen LogP contribution in [0.2, 0.25) is 0 Å². The van der Waals surface area contributed by atoms with Gasteiger partial charge in [-0.3, -0.25) is 9.59 Å². The highest BCUT2D eigenvalue weighted by Crippen LogP contribution is 2.12. The van der Waals surface area contributed by atoms with Gasteiger partial charge in [0.15, 0.2) is 6.10 Å². The first kappa shape index (κ1) is 58.3. The van der Waals surface area contributed by atoms with Crippen LogP contribution in [0, 0.1) is 0 Å². The normalized spacial score (nSPS) is 13.3. The summed E-state index contributed by atoms with van der Waals surface area (Å²) in [4.78, 5) is 25.3. The molecule has 0 radical (unpaired) electrons. The smallest absolute Gasteiger partial charge is 0.309 e. The van der Waals surface area contributed by atoms with Crippen molar-refractivity contribution in [1.29, 1.82) is 0 Å².